The third-order valence-corrected chi connectivity index (χ3v) is 11.8. The number of methoxy groups -OCH3 is 1. The van der Waals surface area contributed by atoms with E-state index in [1.54, 1.807) is 35.5 Å². The number of aryl methyl sites for hydroxylation is 1. The van der Waals surface area contributed by atoms with Crippen LogP contribution in [0.3, 0.4) is 0 Å². The summed E-state index contributed by atoms with van der Waals surface area (Å²) in [7, 11) is 3.35. The number of ether oxygens (including phenoxy) is 1. The van der Waals surface area contributed by atoms with Gasteiger partial charge in [-0.3, -0.25) is 38.7 Å². The molecule has 1 aromatic carbocycles. The van der Waals surface area contributed by atoms with Crippen LogP contribution in [-0.2, 0) is 16.6 Å². The van der Waals surface area contributed by atoms with E-state index in [2.05, 4.69) is 41.9 Å². The normalized spacial score (nSPS) is 20.3. The quantitative estimate of drug-likeness (QED) is 0.175. The van der Waals surface area contributed by atoms with Crippen molar-refractivity contribution in [2.24, 2.45) is 13.0 Å². The summed E-state index contributed by atoms with van der Waals surface area (Å²) < 4.78 is 10.7. The molecule has 3 aliphatic rings. The summed E-state index contributed by atoms with van der Waals surface area (Å²) in [4.78, 5) is 61.4. The lowest BCUT2D eigenvalue weighted by Gasteiger charge is -2.39. The average molecular weight is 788 g/mol. The minimum Gasteiger partial charge on any atom is -0.494 e. The van der Waals surface area contributed by atoms with Crippen molar-refractivity contribution in [2.75, 3.05) is 50.1 Å². The number of hydrogen-bond acceptors (Lipinski definition) is 11. The molecule has 58 heavy (non-hydrogen) atoms. The van der Waals surface area contributed by atoms with Crippen molar-refractivity contribution in [1.29, 1.82) is 5.26 Å². The molecule has 16 nitrogen and oxygen atoms in total. The summed E-state index contributed by atoms with van der Waals surface area (Å²) in [6.07, 6.45) is 7.46. The lowest BCUT2D eigenvalue weighted by Crippen LogP contribution is -2.48. The third-order valence-electron chi connectivity index (χ3n) is 11.8. The van der Waals surface area contributed by atoms with Crippen LogP contribution in [0.2, 0.25) is 0 Å². The van der Waals surface area contributed by atoms with E-state index in [1.165, 1.54) is 10.8 Å². The number of pyridine rings is 1. The average Bonchev–Trinajstić information content (AvgIpc) is 3.75. The Morgan fingerprint density at radius 2 is 1.79 bits per heavy atom. The summed E-state index contributed by atoms with van der Waals surface area (Å²) >= 11 is 0. The maximum absolute atomic E-state index is 13.7. The monoisotopic (exact) mass is 787 g/mol. The Morgan fingerprint density at radius 1 is 1.02 bits per heavy atom. The maximum Gasteiger partial charge on any atom is 0.329 e. The fraction of sp³-hybridized carbons (Fsp3) is 0.452. The molecule has 302 valence electrons. The predicted molar refractivity (Wildman–Crippen MR) is 219 cm³/mol. The lowest BCUT2D eigenvalue weighted by atomic mass is 9.85. The van der Waals surface area contributed by atoms with E-state index in [1.807, 2.05) is 44.2 Å². The molecule has 1 aliphatic carbocycles. The van der Waals surface area contributed by atoms with Crippen LogP contribution in [0.4, 0.5) is 11.4 Å². The van der Waals surface area contributed by atoms with Crippen LogP contribution < -0.4 is 31.3 Å². The Morgan fingerprint density at radius 3 is 2.50 bits per heavy atom. The highest BCUT2D eigenvalue weighted by Gasteiger charge is 2.34. The summed E-state index contributed by atoms with van der Waals surface area (Å²) in [5.74, 6) is 0.268. The minimum absolute atomic E-state index is 0.0763. The molecule has 16 heteroatoms. The second-order valence-electron chi connectivity index (χ2n) is 16.0. The van der Waals surface area contributed by atoms with Gasteiger partial charge in [-0.2, -0.15) is 10.4 Å². The molecule has 6 heterocycles. The molecule has 8 rings (SSSR count). The van der Waals surface area contributed by atoms with E-state index in [9.17, 15) is 24.4 Å². The van der Waals surface area contributed by atoms with Crippen LogP contribution in [0, 0.1) is 17.2 Å². The SMILES string of the molecule is COc1ccc2c(c1N1CCN(CC3CCC(NC(=O)c4cnc(-c5ccc6cc(C#N)cnn56)cc4NC(C)C)CC3)CC1)n(C)c(=O)n2C1CCC(=O)NC1=O. The number of carbonyl (C=O) groups is 3. The number of nitrogens with zero attached hydrogens (tertiary/aromatic N) is 8. The molecule has 2 aliphatic heterocycles. The minimum atomic E-state index is -0.755. The van der Waals surface area contributed by atoms with Gasteiger partial charge in [0, 0.05) is 64.5 Å². The topological polar surface area (TPSA) is 184 Å². The number of piperidine rings is 1. The van der Waals surface area contributed by atoms with Crippen LogP contribution in [0.1, 0.15) is 74.3 Å². The Labute approximate surface area is 335 Å². The zero-order valence-electron chi connectivity index (χ0n) is 33.3. The summed E-state index contributed by atoms with van der Waals surface area (Å²) in [6.45, 7) is 8.24. The molecule has 1 saturated carbocycles. The van der Waals surface area contributed by atoms with Gasteiger partial charge >= 0.3 is 5.69 Å². The van der Waals surface area contributed by atoms with Gasteiger partial charge in [-0.05, 0) is 88.3 Å². The number of anilines is 2. The molecule has 0 spiro atoms. The van der Waals surface area contributed by atoms with Gasteiger partial charge in [-0.1, -0.05) is 0 Å². The molecule has 1 unspecified atom stereocenters. The van der Waals surface area contributed by atoms with Crippen molar-refractivity contribution < 1.29 is 19.1 Å². The first-order valence-electron chi connectivity index (χ1n) is 20.1. The van der Waals surface area contributed by atoms with Gasteiger partial charge in [-0.25, -0.2) is 9.31 Å². The number of benzene rings is 1. The number of aromatic nitrogens is 5. The molecule has 3 N–H and O–H groups in total. The van der Waals surface area contributed by atoms with E-state index >= 15 is 0 Å². The van der Waals surface area contributed by atoms with Gasteiger partial charge in [-0.15, -0.1) is 0 Å². The predicted octanol–water partition coefficient (Wildman–Crippen LogP) is 3.84. The first-order chi connectivity index (χ1) is 28.0. The smallest absolute Gasteiger partial charge is 0.329 e. The van der Waals surface area contributed by atoms with Gasteiger partial charge in [0.15, 0.2) is 0 Å². The van der Waals surface area contributed by atoms with E-state index in [4.69, 9.17) is 4.74 Å². The molecule has 2 saturated heterocycles. The Hall–Kier alpha value is -6.21. The molecular weight excluding hydrogens is 739 g/mol. The van der Waals surface area contributed by atoms with E-state index in [0.29, 0.717) is 45.2 Å². The van der Waals surface area contributed by atoms with Crippen molar-refractivity contribution in [1.82, 2.24) is 39.3 Å². The number of imidazole rings is 1. The van der Waals surface area contributed by atoms with Crippen molar-refractivity contribution >= 4 is 45.6 Å². The number of rotatable bonds is 10. The first kappa shape index (κ1) is 38.7. The zero-order valence-corrected chi connectivity index (χ0v) is 33.3. The molecule has 3 amide bonds. The fourth-order valence-electron chi connectivity index (χ4n) is 8.87. The Balaban J connectivity index is 0.885. The van der Waals surface area contributed by atoms with Crippen LogP contribution in [-0.4, -0.2) is 98.3 Å². The highest BCUT2D eigenvalue weighted by Crippen LogP contribution is 2.38. The van der Waals surface area contributed by atoms with Gasteiger partial charge < -0.3 is 20.3 Å². The third kappa shape index (κ3) is 7.37. The standard InChI is InChI=1S/C42H49N11O5/c1-25(2)46-31-20-32(33-10-9-29-19-27(21-43)22-45-53(29)33)44-23-30(31)40(55)47-28-7-5-26(6-8-28)24-50-15-17-51(18-16-50)39-36(58-4)13-11-34-38(39)49(3)42(57)52(34)35-12-14-37(54)48-41(35)56/h9-11,13,19-20,22-23,25-26,28,35H,5-8,12,14-18,24H2,1-4H3,(H,44,46)(H,47,55)(H,48,54,56). The van der Waals surface area contributed by atoms with Crippen LogP contribution in [0.25, 0.3) is 27.9 Å². The lowest BCUT2D eigenvalue weighted by molar-refractivity contribution is -0.135. The Kier molecular flexibility index (Phi) is 10.6. The number of fused-ring (bicyclic) bond motifs is 2. The van der Waals surface area contributed by atoms with Crippen molar-refractivity contribution in [3.63, 3.8) is 0 Å². The highest BCUT2D eigenvalue weighted by molar-refractivity contribution is 6.01. The summed E-state index contributed by atoms with van der Waals surface area (Å²) in [6, 6.07) is 12.7. The highest BCUT2D eigenvalue weighted by atomic mass is 16.5. The molecule has 0 bridgehead atoms. The number of nitriles is 1. The van der Waals surface area contributed by atoms with Gasteiger partial charge in [0.05, 0.1) is 58.1 Å². The van der Waals surface area contributed by atoms with E-state index < -0.39 is 11.9 Å². The fourth-order valence-corrected chi connectivity index (χ4v) is 8.87. The van der Waals surface area contributed by atoms with E-state index in [-0.39, 0.29) is 42.4 Å². The molecule has 4 aromatic heterocycles. The van der Waals surface area contributed by atoms with Crippen LogP contribution in [0.5, 0.6) is 5.75 Å². The molecular formula is C42H49N11O5. The van der Waals surface area contributed by atoms with Crippen molar-refractivity contribution in [3.8, 4) is 23.2 Å². The number of hydrogen-bond donors (Lipinski definition) is 3. The van der Waals surface area contributed by atoms with Gasteiger partial charge in [0.1, 0.15) is 23.5 Å². The molecule has 3 fully saturated rings. The van der Waals surface area contributed by atoms with Crippen LogP contribution in [0.15, 0.2) is 53.6 Å². The van der Waals surface area contributed by atoms with Gasteiger partial charge in [0.25, 0.3) is 5.91 Å². The number of imide groups is 1. The van der Waals surface area contributed by atoms with Crippen LogP contribution >= 0.6 is 0 Å². The number of nitrogens with one attached hydrogen (secondary N) is 3. The number of carbonyl (C=O) groups excluding carboxylic acids is 3. The van der Waals surface area contributed by atoms with Crippen molar-refractivity contribution in [3.05, 3.63) is 70.4 Å². The molecule has 5 aromatic rings. The second kappa shape index (κ2) is 16.0. The molecule has 0 radical (unpaired) electrons. The van der Waals surface area contributed by atoms with E-state index in [0.717, 1.165) is 75.3 Å². The van der Waals surface area contributed by atoms with Gasteiger partial charge in [0.2, 0.25) is 11.8 Å². The van der Waals surface area contributed by atoms with Crippen molar-refractivity contribution in [2.45, 2.75) is 70.5 Å². The largest absolute Gasteiger partial charge is 0.494 e. The summed E-state index contributed by atoms with van der Waals surface area (Å²) in [5, 5.41) is 22.8. The second-order valence-corrected chi connectivity index (χ2v) is 16.0. The Bertz CT molecular complexity index is 2500. The maximum atomic E-state index is 13.7. The zero-order chi connectivity index (χ0) is 40.7. The number of piperazine rings is 1. The molecule has 1 atom stereocenters. The first-order valence-corrected chi connectivity index (χ1v) is 20.1. The number of amides is 3. The summed E-state index contributed by atoms with van der Waals surface area (Å²) in [5.41, 5.74) is 5.80.